The average Bonchev–Trinajstić information content (AvgIpc) is 3.07. The molecule has 6 nitrogen and oxygen atoms in total. The van der Waals surface area contributed by atoms with Crippen molar-refractivity contribution in [3.63, 3.8) is 0 Å². The predicted octanol–water partition coefficient (Wildman–Crippen LogP) is 2.01. The Morgan fingerprint density at radius 3 is 2.95 bits per heavy atom. The van der Waals surface area contributed by atoms with E-state index in [1.807, 2.05) is 19.1 Å². The fourth-order valence-electron chi connectivity index (χ4n) is 1.97. The van der Waals surface area contributed by atoms with Gasteiger partial charge in [0.1, 0.15) is 11.5 Å². The minimum atomic E-state index is -0.214. The van der Waals surface area contributed by atoms with Crippen LogP contribution in [0.15, 0.2) is 39.9 Å². The maximum atomic E-state index is 11.8. The number of nitrogens with zero attached hydrogens (tertiary/aromatic N) is 1. The average molecular weight is 286 g/mol. The van der Waals surface area contributed by atoms with Gasteiger partial charge in [-0.15, -0.1) is 0 Å². The zero-order valence-electron chi connectivity index (χ0n) is 11.5. The fraction of sp³-hybridized carbons (Fsp3) is 0.200. The van der Waals surface area contributed by atoms with Gasteiger partial charge in [0.2, 0.25) is 12.7 Å². The highest BCUT2D eigenvalue weighted by molar-refractivity contribution is 5.81. The Kier molecular flexibility index (Phi) is 3.59. The molecule has 0 unspecified atom stereocenters. The van der Waals surface area contributed by atoms with Crippen LogP contribution in [0.25, 0.3) is 0 Å². The molecule has 0 saturated heterocycles. The lowest BCUT2D eigenvalue weighted by Gasteiger charge is -2.02. The van der Waals surface area contributed by atoms with Gasteiger partial charge in [0.15, 0.2) is 11.5 Å². The smallest absolute Gasteiger partial charge is 0.244 e. The summed E-state index contributed by atoms with van der Waals surface area (Å²) in [6, 6.07) is 9.02. The number of rotatable bonds is 4. The van der Waals surface area contributed by atoms with E-state index in [0.717, 1.165) is 11.3 Å². The summed E-state index contributed by atoms with van der Waals surface area (Å²) in [6.07, 6.45) is 1.68. The molecule has 2 aromatic rings. The van der Waals surface area contributed by atoms with E-state index in [1.165, 1.54) is 6.21 Å². The molecule has 0 fully saturated rings. The van der Waals surface area contributed by atoms with Gasteiger partial charge >= 0.3 is 0 Å². The van der Waals surface area contributed by atoms with Gasteiger partial charge in [-0.1, -0.05) is 6.07 Å². The maximum absolute atomic E-state index is 11.8. The van der Waals surface area contributed by atoms with Crippen molar-refractivity contribution in [2.45, 2.75) is 13.3 Å². The molecular formula is C15H14N2O4. The molecule has 0 saturated carbocycles. The summed E-state index contributed by atoms with van der Waals surface area (Å²) in [7, 11) is 0. The molecule has 0 radical (unpaired) electrons. The van der Waals surface area contributed by atoms with Gasteiger partial charge in [-0.3, -0.25) is 4.79 Å². The first kappa shape index (κ1) is 13.2. The van der Waals surface area contributed by atoms with Crippen molar-refractivity contribution in [1.29, 1.82) is 0 Å². The number of fused-ring (bicyclic) bond motifs is 1. The second kappa shape index (κ2) is 5.70. The molecule has 6 heteroatoms. The Morgan fingerprint density at radius 2 is 2.14 bits per heavy atom. The van der Waals surface area contributed by atoms with Gasteiger partial charge in [0.25, 0.3) is 0 Å². The molecule has 1 aliphatic heterocycles. The van der Waals surface area contributed by atoms with Crippen LogP contribution in [0.2, 0.25) is 0 Å². The molecule has 1 aliphatic rings. The fourth-order valence-corrected chi connectivity index (χ4v) is 1.97. The van der Waals surface area contributed by atoms with Crippen LogP contribution in [-0.2, 0) is 11.2 Å². The van der Waals surface area contributed by atoms with E-state index in [2.05, 4.69) is 10.5 Å². The third-order valence-corrected chi connectivity index (χ3v) is 2.94. The number of hydrogen-bond acceptors (Lipinski definition) is 5. The van der Waals surface area contributed by atoms with E-state index < -0.39 is 0 Å². The van der Waals surface area contributed by atoms with E-state index in [9.17, 15) is 4.79 Å². The Labute approximate surface area is 121 Å². The standard InChI is InChI=1S/C15H14N2O4/c1-10-2-4-12(21-10)8-16-17-15(18)7-11-3-5-13-14(6-11)20-9-19-13/h2-6,8H,7,9H2,1H3,(H,17,18)/b16-8-. The number of amides is 1. The van der Waals surface area contributed by atoms with Gasteiger partial charge in [-0.05, 0) is 36.8 Å². The molecule has 0 atom stereocenters. The Balaban J connectivity index is 1.55. The van der Waals surface area contributed by atoms with Gasteiger partial charge < -0.3 is 13.9 Å². The first-order valence-electron chi connectivity index (χ1n) is 6.47. The lowest BCUT2D eigenvalue weighted by atomic mass is 10.1. The second-order valence-corrected chi connectivity index (χ2v) is 4.61. The van der Waals surface area contributed by atoms with E-state index >= 15 is 0 Å². The SMILES string of the molecule is Cc1ccc(/C=N\NC(=O)Cc2ccc3c(c2)OCO3)o1. The van der Waals surface area contributed by atoms with Crippen molar-refractivity contribution < 1.29 is 18.7 Å². The lowest BCUT2D eigenvalue weighted by molar-refractivity contribution is -0.120. The summed E-state index contributed by atoms with van der Waals surface area (Å²) < 4.78 is 15.8. The third kappa shape index (κ3) is 3.22. The van der Waals surface area contributed by atoms with Crippen LogP contribution in [-0.4, -0.2) is 18.9 Å². The molecule has 1 aromatic carbocycles. The molecule has 21 heavy (non-hydrogen) atoms. The first-order chi connectivity index (χ1) is 10.2. The molecule has 0 bridgehead atoms. The highest BCUT2D eigenvalue weighted by Crippen LogP contribution is 2.32. The van der Waals surface area contributed by atoms with Crippen molar-refractivity contribution in [3.8, 4) is 11.5 Å². The van der Waals surface area contributed by atoms with E-state index in [1.54, 1.807) is 18.2 Å². The van der Waals surface area contributed by atoms with Crippen molar-refractivity contribution in [3.05, 3.63) is 47.4 Å². The summed E-state index contributed by atoms with van der Waals surface area (Å²) in [4.78, 5) is 11.8. The van der Waals surface area contributed by atoms with E-state index in [4.69, 9.17) is 13.9 Å². The minimum Gasteiger partial charge on any atom is -0.460 e. The Morgan fingerprint density at radius 1 is 1.29 bits per heavy atom. The molecule has 1 N–H and O–H groups in total. The molecule has 1 aromatic heterocycles. The monoisotopic (exact) mass is 286 g/mol. The number of ether oxygens (including phenoxy) is 2. The van der Waals surface area contributed by atoms with Crippen LogP contribution in [0, 0.1) is 6.92 Å². The van der Waals surface area contributed by atoms with E-state index in [0.29, 0.717) is 17.3 Å². The molecule has 0 aliphatic carbocycles. The number of hydrogen-bond donors (Lipinski definition) is 1. The van der Waals surface area contributed by atoms with Crippen molar-refractivity contribution in [1.82, 2.24) is 5.43 Å². The number of furan rings is 1. The Bertz CT molecular complexity index is 691. The van der Waals surface area contributed by atoms with Gasteiger partial charge in [0.05, 0.1) is 12.6 Å². The van der Waals surface area contributed by atoms with Crippen LogP contribution in [0.4, 0.5) is 0 Å². The summed E-state index contributed by atoms with van der Waals surface area (Å²) >= 11 is 0. The van der Waals surface area contributed by atoms with Crippen molar-refractivity contribution in [2.24, 2.45) is 5.10 Å². The molecule has 0 spiro atoms. The third-order valence-electron chi connectivity index (χ3n) is 2.94. The summed E-state index contributed by atoms with van der Waals surface area (Å²) in [5, 5.41) is 3.85. The normalized spacial score (nSPS) is 12.8. The van der Waals surface area contributed by atoms with Crippen molar-refractivity contribution >= 4 is 12.1 Å². The number of aryl methyl sites for hydroxylation is 1. The number of nitrogens with one attached hydrogen (secondary N) is 1. The van der Waals surface area contributed by atoms with Gasteiger partial charge in [-0.2, -0.15) is 5.10 Å². The highest BCUT2D eigenvalue weighted by atomic mass is 16.7. The molecule has 3 rings (SSSR count). The van der Waals surface area contributed by atoms with Crippen LogP contribution in [0.1, 0.15) is 17.1 Å². The quantitative estimate of drug-likeness (QED) is 0.689. The lowest BCUT2D eigenvalue weighted by Crippen LogP contribution is -2.19. The van der Waals surface area contributed by atoms with E-state index in [-0.39, 0.29) is 19.1 Å². The number of carbonyl (C=O) groups excluding carboxylic acids is 1. The number of hydrazone groups is 1. The molecule has 2 heterocycles. The highest BCUT2D eigenvalue weighted by Gasteiger charge is 2.14. The first-order valence-corrected chi connectivity index (χ1v) is 6.47. The van der Waals surface area contributed by atoms with Crippen LogP contribution >= 0.6 is 0 Å². The molecule has 108 valence electrons. The molecular weight excluding hydrogens is 272 g/mol. The van der Waals surface area contributed by atoms with Crippen molar-refractivity contribution in [2.75, 3.05) is 6.79 Å². The Hall–Kier alpha value is -2.76. The van der Waals surface area contributed by atoms with Crippen LogP contribution < -0.4 is 14.9 Å². The zero-order chi connectivity index (χ0) is 14.7. The second-order valence-electron chi connectivity index (χ2n) is 4.61. The van der Waals surface area contributed by atoms with Gasteiger partial charge in [-0.25, -0.2) is 5.43 Å². The van der Waals surface area contributed by atoms with Crippen LogP contribution in [0.3, 0.4) is 0 Å². The maximum Gasteiger partial charge on any atom is 0.244 e. The topological polar surface area (TPSA) is 73.1 Å². The van der Waals surface area contributed by atoms with Gasteiger partial charge in [0, 0.05) is 0 Å². The summed E-state index contributed by atoms with van der Waals surface area (Å²) in [6.45, 7) is 2.06. The number of benzene rings is 1. The zero-order valence-corrected chi connectivity index (χ0v) is 11.5. The summed E-state index contributed by atoms with van der Waals surface area (Å²) in [5.74, 6) is 2.53. The predicted molar refractivity (Wildman–Crippen MR) is 75.5 cm³/mol. The minimum absolute atomic E-state index is 0.213. The van der Waals surface area contributed by atoms with Crippen LogP contribution in [0.5, 0.6) is 11.5 Å². The number of carbonyl (C=O) groups is 1. The molecule has 1 amide bonds. The summed E-state index contributed by atoms with van der Waals surface area (Å²) in [5.41, 5.74) is 3.29. The largest absolute Gasteiger partial charge is 0.460 e.